The van der Waals surface area contributed by atoms with Gasteiger partial charge >= 0.3 is 0 Å². The van der Waals surface area contributed by atoms with Crippen LogP contribution < -0.4 is 0 Å². The molecule has 0 atom stereocenters. The summed E-state index contributed by atoms with van der Waals surface area (Å²) in [4.78, 5) is 0. The van der Waals surface area contributed by atoms with E-state index >= 15 is 0 Å². The molecule has 10 aromatic carbocycles. The summed E-state index contributed by atoms with van der Waals surface area (Å²) in [6, 6.07) is 65.0. The summed E-state index contributed by atoms with van der Waals surface area (Å²) in [6.07, 6.45) is 0. The molecule has 61 heavy (non-hydrogen) atoms. The topological polar surface area (TPSA) is 0 Å². The molecular weight excluding hydrogens is 733 g/mol. The third kappa shape index (κ3) is 5.94. The van der Waals surface area contributed by atoms with Crippen molar-refractivity contribution < 1.29 is 0 Å². The lowest BCUT2D eigenvalue weighted by atomic mass is 9.80. The molecule has 0 heterocycles. The third-order valence-electron chi connectivity index (χ3n) is 14.0. The molecule has 0 saturated carbocycles. The molecule has 10 aromatic rings. The summed E-state index contributed by atoms with van der Waals surface area (Å²) in [5.74, 6) is 0. The highest BCUT2D eigenvalue weighted by Gasteiger charge is 2.36. The van der Waals surface area contributed by atoms with Gasteiger partial charge in [-0.2, -0.15) is 0 Å². The molecule has 0 nitrogen and oxygen atoms in total. The third-order valence-corrected chi connectivity index (χ3v) is 14.0. The number of benzene rings is 10. The van der Waals surface area contributed by atoms with Gasteiger partial charge in [0.15, 0.2) is 0 Å². The van der Waals surface area contributed by atoms with E-state index in [9.17, 15) is 0 Å². The number of fused-ring (bicyclic) bond motifs is 6. The maximum atomic E-state index is 2.49. The Hall–Kier alpha value is -6.50. The van der Waals surface area contributed by atoms with Gasteiger partial charge in [-0.1, -0.05) is 195 Å². The van der Waals surface area contributed by atoms with Crippen LogP contribution in [-0.2, 0) is 16.2 Å². The lowest BCUT2D eigenvalue weighted by molar-refractivity contribution is 0.590. The van der Waals surface area contributed by atoms with Crippen molar-refractivity contribution in [1.29, 1.82) is 0 Å². The summed E-state index contributed by atoms with van der Waals surface area (Å²) < 4.78 is 0. The Morgan fingerprint density at radius 3 is 1.31 bits per heavy atom. The van der Waals surface area contributed by atoms with E-state index in [1.165, 1.54) is 121 Å². The molecule has 0 aromatic heterocycles. The van der Waals surface area contributed by atoms with Crippen LogP contribution in [0.15, 0.2) is 170 Å². The van der Waals surface area contributed by atoms with Gasteiger partial charge in [-0.15, -0.1) is 0 Å². The van der Waals surface area contributed by atoms with Crippen molar-refractivity contribution in [1.82, 2.24) is 0 Å². The molecule has 0 heteroatoms. The lowest BCUT2D eigenvalue weighted by Crippen LogP contribution is -2.15. The Morgan fingerprint density at radius 2 is 0.754 bits per heavy atom. The van der Waals surface area contributed by atoms with Crippen LogP contribution in [0.3, 0.4) is 0 Å². The van der Waals surface area contributed by atoms with Crippen molar-refractivity contribution in [3.63, 3.8) is 0 Å². The van der Waals surface area contributed by atoms with Crippen molar-refractivity contribution in [2.75, 3.05) is 0 Å². The highest BCUT2D eigenvalue weighted by molar-refractivity contribution is 6.35. The second kappa shape index (κ2) is 13.2. The predicted octanol–water partition coefficient (Wildman–Crippen LogP) is 17.3. The molecule has 0 unspecified atom stereocenters. The Bertz CT molecular complexity index is 3280. The SMILES string of the molecule is CC(C)(C)c1ccc(-c2cc(-c3ccc(C(C)(C)C)cc3)cc(-c3ccc4c(c3)C(C)(C)c3cc(-c5ccc6c7ccccc7c7cccc8ccc5c6c87)ccc3-4)c2)cc1. The van der Waals surface area contributed by atoms with E-state index < -0.39 is 0 Å². The van der Waals surface area contributed by atoms with Gasteiger partial charge in [-0.3, -0.25) is 0 Å². The summed E-state index contributed by atoms with van der Waals surface area (Å²) in [7, 11) is 0. The molecule has 296 valence electrons. The van der Waals surface area contributed by atoms with Gasteiger partial charge in [0.1, 0.15) is 0 Å². The number of rotatable bonds is 4. The standard InChI is InChI=1S/C61H52/c1-59(2,3)45-23-16-37(17-24-45)42-32-43(38-18-25-46(26-19-38)60(4,5)6)34-44(33-42)40-21-27-50-51-28-22-41(36-56(51)61(7,8)55(50)35-40)47-30-31-54-49-14-10-9-13-48(49)52-15-11-12-39-20-29-53(47)58(54)57(39)52/h9-36H,1-8H3. The molecule has 1 aliphatic rings. The molecule has 0 spiro atoms. The Kier molecular flexibility index (Phi) is 8.14. The Morgan fingerprint density at radius 1 is 0.311 bits per heavy atom. The largest absolute Gasteiger partial charge is 0.0616 e. The zero-order valence-corrected chi connectivity index (χ0v) is 36.7. The maximum Gasteiger partial charge on any atom is 0.0159 e. The van der Waals surface area contributed by atoms with Gasteiger partial charge in [-0.05, 0) is 162 Å². The second-order valence-electron chi connectivity index (χ2n) is 20.2. The fraction of sp³-hybridized carbons (Fsp3) is 0.180. The zero-order valence-electron chi connectivity index (χ0n) is 36.7. The van der Waals surface area contributed by atoms with Gasteiger partial charge in [0.25, 0.3) is 0 Å². The van der Waals surface area contributed by atoms with Crippen molar-refractivity contribution in [2.45, 2.75) is 71.6 Å². The molecule has 0 N–H and O–H groups in total. The molecule has 0 saturated heterocycles. The molecular formula is C61H52. The second-order valence-corrected chi connectivity index (χ2v) is 20.2. The van der Waals surface area contributed by atoms with Crippen LogP contribution in [0.2, 0.25) is 0 Å². The Labute approximate surface area is 360 Å². The summed E-state index contributed by atoms with van der Waals surface area (Å²) in [5.41, 5.74) is 18.2. The highest BCUT2D eigenvalue weighted by atomic mass is 14.4. The molecule has 0 fully saturated rings. The van der Waals surface area contributed by atoms with Crippen molar-refractivity contribution in [3.05, 3.63) is 192 Å². The minimum Gasteiger partial charge on any atom is -0.0616 e. The van der Waals surface area contributed by atoms with Crippen LogP contribution >= 0.6 is 0 Å². The lowest BCUT2D eigenvalue weighted by Gasteiger charge is -2.23. The first-order chi connectivity index (χ1) is 29.2. The van der Waals surface area contributed by atoms with E-state index in [4.69, 9.17) is 0 Å². The normalized spacial score (nSPS) is 13.7. The summed E-state index contributed by atoms with van der Waals surface area (Å²) in [6.45, 7) is 18.5. The van der Waals surface area contributed by atoms with Crippen LogP contribution in [0.1, 0.15) is 77.6 Å². The Balaban J connectivity index is 1.02. The maximum absolute atomic E-state index is 2.49. The van der Waals surface area contributed by atoms with Gasteiger partial charge in [0, 0.05) is 5.41 Å². The van der Waals surface area contributed by atoms with Crippen molar-refractivity contribution in [3.8, 4) is 55.6 Å². The summed E-state index contributed by atoms with van der Waals surface area (Å²) >= 11 is 0. The monoisotopic (exact) mass is 784 g/mol. The predicted molar refractivity (Wildman–Crippen MR) is 264 cm³/mol. The van der Waals surface area contributed by atoms with Crippen molar-refractivity contribution >= 4 is 43.1 Å². The molecule has 0 bridgehead atoms. The molecule has 0 radical (unpaired) electrons. The van der Waals surface area contributed by atoms with Crippen LogP contribution in [0.25, 0.3) is 98.7 Å². The number of hydrogen-bond acceptors (Lipinski definition) is 0. The molecule has 1 aliphatic carbocycles. The van der Waals surface area contributed by atoms with Crippen LogP contribution in [0.4, 0.5) is 0 Å². The first-order valence-electron chi connectivity index (χ1n) is 22.0. The van der Waals surface area contributed by atoms with E-state index in [2.05, 4.69) is 225 Å². The first-order valence-corrected chi connectivity index (χ1v) is 22.0. The molecule has 0 aliphatic heterocycles. The van der Waals surface area contributed by atoms with Gasteiger partial charge in [0.05, 0.1) is 0 Å². The van der Waals surface area contributed by atoms with Crippen molar-refractivity contribution in [2.24, 2.45) is 0 Å². The average molecular weight is 785 g/mol. The van der Waals surface area contributed by atoms with E-state index in [1.54, 1.807) is 0 Å². The fourth-order valence-corrected chi connectivity index (χ4v) is 10.4. The number of hydrogen-bond donors (Lipinski definition) is 0. The fourth-order valence-electron chi connectivity index (χ4n) is 10.4. The minimum atomic E-state index is -0.178. The molecule has 11 rings (SSSR count). The van der Waals surface area contributed by atoms with E-state index in [0.29, 0.717) is 0 Å². The highest BCUT2D eigenvalue weighted by Crippen LogP contribution is 2.52. The van der Waals surface area contributed by atoms with E-state index in [1.807, 2.05) is 0 Å². The van der Waals surface area contributed by atoms with E-state index in [-0.39, 0.29) is 16.2 Å². The van der Waals surface area contributed by atoms with Gasteiger partial charge in [0.2, 0.25) is 0 Å². The minimum absolute atomic E-state index is 0.104. The van der Waals surface area contributed by atoms with Crippen LogP contribution in [0, 0.1) is 0 Å². The van der Waals surface area contributed by atoms with Gasteiger partial charge < -0.3 is 0 Å². The van der Waals surface area contributed by atoms with Crippen LogP contribution in [0.5, 0.6) is 0 Å². The summed E-state index contributed by atoms with van der Waals surface area (Å²) in [5, 5.41) is 10.7. The zero-order chi connectivity index (χ0) is 42.0. The quantitative estimate of drug-likeness (QED) is 0.123. The first kappa shape index (κ1) is 37.5. The van der Waals surface area contributed by atoms with Gasteiger partial charge in [-0.25, -0.2) is 0 Å². The molecule has 0 amide bonds. The average Bonchev–Trinajstić information content (AvgIpc) is 3.49. The smallest absolute Gasteiger partial charge is 0.0159 e. The van der Waals surface area contributed by atoms with Crippen LogP contribution in [-0.4, -0.2) is 0 Å². The van der Waals surface area contributed by atoms with E-state index in [0.717, 1.165) is 0 Å².